The van der Waals surface area contributed by atoms with Crippen LogP contribution in [0, 0.1) is 11.3 Å². The van der Waals surface area contributed by atoms with E-state index in [9.17, 15) is 4.79 Å². The molecule has 2 fully saturated rings. The first kappa shape index (κ1) is 15.8. The van der Waals surface area contributed by atoms with Gasteiger partial charge in [-0.15, -0.1) is 0 Å². The van der Waals surface area contributed by atoms with Crippen LogP contribution in [0.1, 0.15) is 33.1 Å². The molecule has 1 atom stereocenters. The number of piperidine rings is 1. The lowest BCUT2D eigenvalue weighted by Crippen LogP contribution is -2.31. The van der Waals surface area contributed by atoms with Gasteiger partial charge in [0.1, 0.15) is 0 Å². The Morgan fingerprint density at radius 1 is 1.32 bits per heavy atom. The first-order valence-electron chi connectivity index (χ1n) is 8.08. The van der Waals surface area contributed by atoms with Gasteiger partial charge in [-0.3, -0.25) is 4.79 Å². The normalized spacial score (nSPS) is 22.6. The van der Waals surface area contributed by atoms with E-state index in [1.54, 1.807) is 0 Å². The Hall–Kier alpha value is -1.07. The standard InChI is InChI=1S/C17H24BrN3O/c1-11(2)20-14-4-3-12(18)9-15(14)21-16(22)13-10-17(13)5-7-19-8-6-17/h3-4,9,11,13,19-20H,5-8,10H2,1-2H3,(H,21,22). The summed E-state index contributed by atoms with van der Waals surface area (Å²) in [7, 11) is 0. The molecule has 1 aromatic carbocycles. The van der Waals surface area contributed by atoms with Gasteiger partial charge in [0.2, 0.25) is 5.91 Å². The molecule has 1 aliphatic carbocycles. The number of halogens is 1. The first-order valence-corrected chi connectivity index (χ1v) is 8.87. The van der Waals surface area contributed by atoms with Gasteiger partial charge in [-0.1, -0.05) is 15.9 Å². The van der Waals surface area contributed by atoms with Gasteiger partial charge in [0.15, 0.2) is 0 Å². The van der Waals surface area contributed by atoms with Crippen molar-refractivity contribution in [3.8, 4) is 0 Å². The maximum absolute atomic E-state index is 12.6. The number of hydrogen-bond acceptors (Lipinski definition) is 3. The van der Waals surface area contributed by atoms with Crippen molar-refractivity contribution in [2.24, 2.45) is 11.3 Å². The minimum absolute atomic E-state index is 0.173. The summed E-state index contributed by atoms with van der Waals surface area (Å²) in [6.45, 7) is 6.28. The average Bonchev–Trinajstić information content (AvgIpc) is 3.16. The molecule has 0 aromatic heterocycles. The Balaban J connectivity index is 1.70. The lowest BCUT2D eigenvalue weighted by Gasteiger charge is -2.23. The van der Waals surface area contributed by atoms with Gasteiger partial charge in [0, 0.05) is 16.4 Å². The Morgan fingerprint density at radius 2 is 2.05 bits per heavy atom. The van der Waals surface area contributed by atoms with Crippen molar-refractivity contribution in [1.82, 2.24) is 5.32 Å². The van der Waals surface area contributed by atoms with Crippen LogP contribution in [-0.4, -0.2) is 25.0 Å². The van der Waals surface area contributed by atoms with Crippen molar-refractivity contribution in [2.75, 3.05) is 23.7 Å². The molecule has 1 spiro atoms. The highest BCUT2D eigenvalue weighted by atomic mass is 79.9. The molecule has 120 valence electrons. The number of hydrogen-bond donors (Lipinski definition) is 3. The van der Waals surface area contributed by atoms with Crippen LogP contribution in [0.2, 0.25) is 0 Å². The highest BCUT2D eigenvalue weighted by molar-refractivity contribution is 9.10. The third-order valence-electron chi connectivity index (χ3n) is 4.79. The summed E-state index contributed by atoms with van der Waals surface area (Å²) in [6, 6.07) is 6.30. The highest BCUT2D eigenvalue weighted by Gasteiger charge is 2.57. The number of amides is 1. The zero-order valence-electron chi connectivity index (χ0n) is 13.2. The van der Waals surface area contributed by atoms with Crippen molar-refractivity contribution < 1.29 is 4.79 Å². The van der Waals surface area contributed by atoms with Gasteiger partial charge >= 0.3 is 0 Å². The SMILES string of the molecule is CC(C)Nc1ccc(Br)cc1NC(=O)C1CC12CCNCC2. The molecule has 3 N–H and O–H groups in total. The minimum atomic E-state index is 0.173. The molecule has 1 saturated heterocycles. The number of nitrogens with one attached hydrogen (secondary N) is 3. The quantitative estimate of drug-likeness (QED) is 0.763. The molecular formula is C17H24BrN3O. The molecule has 1 aliphatic heterocycles. The van der Waals surface area contributed by atoms with Crippen LogP contribution in [0.4, 0.5) is 11.4 Å². The van der Waals surface area contributed by atoms with E-state index >= 15 is 0 Å². The van der Waals surface area contributed by atoms with E-state index in [0.29, 0.717) is 6.04 Å². The van der Waals surface area contributed by atoms with Gasteiger partial charge in [-0.2, -0.15) is 0 Å². The van der Waals surface area contributed by atoms with Crippen LogP contribution in [0.3, 0.4) is 0 Å². The number of carbonyl (C=O) groups is 1. The molecule has 1 saturated carbocycles. The lowest BCUT2D eigenvalue weighted by atomic mass is 9.92. The second kappa shape index (κ2) is 6.20. The summed E-state index contributed by atoms with van der Waals surface area (Å²) >= 11 is 3.49. The molecule has 1 aromatic rings. The van der Waals surface area contributed by atoms with Gasteiger partial charge in [0.25, 0.3) is 0 Å². The highest BCUT2D eigenvalue weighted by Crippen LogP contribution is 2.58. The Bertz CT molecular complexity index is 567. The molecule has 1 unspecified atom stereocenters. The first-order chi connectivity index (χ1) is 10.5. The monoisotopic (exact) mass is 365 g/mol. The predicted molar refractivity (Wildman–Crippen MR) is 94.2 cm³/mol. The molecule has 0 bridgehead atoms. The Kier molecular flexibility index (Phi) is 4.46. The maximum Gasteiger partial charge on any atom is 0.228 e. The molecule has 4 nitrogen and oxygen atoms in total. The smallest absolute Gasteiger partial charge is 0.228 e. The summed E-state index contributed by atoms with van der Waals surface area (Å²) in [5, 5.41) is 9.91. The fourth-order valence-electron chi connectivity index (χ4n) is 3.47. The summed E-state index contributed by atoms with van der Waals surface area (Å²) in [5.41, 5.74) is 2.11. The molecular weight excluding hydrogens is 342 g/mol. The zero-order valence-corrected chi connectivity index (χ0v) is 14.8. The number of anilines is 2. The van der Waals surface area contributed by atoms with Crippen molar-refractivity contribution in [3.05, 3.63) is 22.7 Å². The minimum Gasteiger partial charge on any atom is -0.381 e. The summed E-state index contributed by atoms with van der Waals surface area (Å²) in [6.07, 6.45) is 3.29. The van der Waals surface area contributed by atoms with Gasteiger partial charge in [-0.05, 0) is 69.8 Å². The van der Waals surface area contributed by atoms with Crippen LogP contribution in [0.15, 0.2) is 22.7 Å². The second-order valence-electron chi connectivity index (χ2n) is 6.85. The molecule has 0 radical (unpaired) electrons. The van der Waals surface area contributed by atoms with E-state index in [2.05, 4.69) is 45.7 Å². The van der Waals surface area contributed by atoms with Crippen LogP contribution in [0.25, 0.3) is 0 Å². The van der Waals surface area contributed by atoms with Crippen LogP contribution >= 0.6 is 15.9 Å². The molecule has 1 heterocycles. The van der Waals surface area contributed by atoms with E-state index in [4.69, 9.17) is 0 Å². The zero-order chi connectivity index (χ0) is 15.7. The fraction of sp³-hybridized carbons (Fsp3) is 0.588. The third kappa shape index (κ3) is 3.30. The molecule has 22 heavy (non-hydrogen) atoms. The van der Waals surface area contributed by atoms with Crippen LogP contribution in [0.5, 0.6) is 0 Å². The maximum atomic E-state index is 12.6. The second-order valence-corrected chi connectivity index (χ2v) is 7.76. The van der Waals surface area contributed by atoms with E-state index in [-0.39, 0.29) is 17.2 Å². The largest absolute Gasteiger partial charge is 0.381 e. The van der Waals surface area contributed by atoms with Crippen molar-refractivity contribution in [3.63, 3.8) is 0 Å². The van der Waals surface area contributed by atoms with Gasteiger partial charge in [0.05, 0.1) is 11.4 Å². The number of benzene rings is 1. The summed E-state index contributed by atoms with van der Waals surface area (Å²) < 4.78 is 0.976. The predicted octanol–water partition coefficient (Wildman–Crippen LogP) is 3.60. The Labute approximate surface area is 140 Å². The third-order valence-corrected chi connectivity index (χ3v) is 5.28. The van der Waals surface area contributed by atoms with E-state index in [0.717, 1.165) is 48.2 Å². The van der Waals surface area contributed by atoms with E-state index in [1.807, 2.05) is 18.2 Å². The van der Waals surface area contributed by atoms with Gasteiger partial charge in [-0.25, -0.2) is 0 Å². The van der Waals surface area contributed by atoms with Crippen LogP contribution in [-0.2, 0) is 4.79 Å². The average molecular weight is 366 g/mol. The molecule has 2 aliphatic rings. The molecule has 5 heteroatoms. The molecule has 1 amide bonds. The number of rotatable bonds is 4. The topological polar surface area (TPSA) is 53.2 Å². The van der Waals surface area contributed by atoms with Crippen LogP contribution < -0.4 is 16.0 Å². The van der Waals surface area contributed by atoms with Gasteiger partial charge < -0.3 is 16.0 Å². The van der Waals surface area contributed by atoms with Crippen molar-refractivity contribution in [2.45, 2.75) is 39.2 Å². The van der Waals surface area contributed by atoms with Crippen molar-refractivity contribution >= 4 is 33.2 Å². The lowest BCUT2D eigenvalue weighted by molar-refractivity contribution is -0.118. The summed E-state index contributed by atoms with van der Waals surface area (Å²) in [4.78, 5) is 12.6. The summed E-state index contributed by atoms with van der Waals surface area (Å²) in [5.74, 6) is 0.354. The molecule has 3 rings (SSSR count). The Morgan fingerprint density at radius 3 is 2.73 bits per heavy atom. The van der Waals surface area contributed by atoms with Crippen molar-refractivity contribution in [1.29, 1.82) is 0 Å². The number of carbonyl (C=O) groups excluding carboxylic acids is 1. The van der Waals surface area contributed by atoms with E-state index < -0.39 is 0 Å². The fourth-order valence-corrected chi connectivity index (χ4v) is 3.83. The van der Waals surface area contributed by atoms with E-state index in [1.165, 1.54) is 0 Å².